The summed E-state index contributed by atoms with van der Waals surface area (Å²) in [6.07, 6.45) is 2.88. The van der Waals surface area contributed by atoms with Gasteiger partial charge in [-0.15, -0.1) is 11.3 Å². The molecule has 2 amide bonds. The number of fused-ring (bicyclic) bond motifs is 1. The lowest BCUT2D eigenvalue weighted by molar-refractivity contribution is -0.159. The first-order valence-electron chi connectivity index (χ1n) is 7.66. The Morgan fingerprint density at radius 2 is 2.05 bits per heavy atom. The Hall–Kier alpha value is -1.36. The van der Waals surface area contributed by atoms with Gasteiger partial charge in [0.2, 0.25) is 11.8 Å². The molecule has 0 aromatic carbocycles. The average Bonchev–Trinajstić information content (AvgIpc) is 2.81. The predicted octanol–water partition coefficient (Wildman–Crippen LogP) is 2.65. The second kappa shape index (κ2) is 5.44. The molecular weight excluding hydrogens is 284 g/mol. The lowest BCUT2D eigenvalue weighted by atomic mass is 9.96. The summed E-state index contributed by atoms with van der Waals surface area (Å²) in [7, 11) is 0. The molecule has 2 aliphatic heterocycles. The Morgan fingerprint density at radius 3 is 2.71 bits per heavy atom. The molecule has 0 spiro atoms. The van der Waals surface area contributed by atoms with Crippen molar-refractivity contribution in [2.24, 2.45) is 0 Å². The minimum atomic E-state index is -0.220. The molecule has 2 atom stereocenters. The first kappa shape index (κ1) is 14.6. The van der Waals surface area contributed by atoms with Crippen molar-refractivity contribution in [2.75, 3.05) is 13.1 Å². The maximum absolute atomic E-state index is 12.8. The standard InChI is InChI=1S/C16H22N2O2S/c1-10-8-13(12(3)21-10)11(2)18-9-15(19)17-7-5-4-6-14(17)16(18)20/h8,11,14H,4-7,9H2,1-3H3. The van der Waals surface area contributed by atoms with Crippen LogP contribution < -0.4 is 0 Å². The maximum Gasteiger partial charge on any atom is 0.246 e. The molecule has 2 aliphatic rings. The van der Waals surface area contributed by atoms with Crippen LogP contribution in [0.5, 0.6) is 0 Å². The molecule has 114 valence electrons. The van der Waals surface area contributed by atoms with Crippen molar-refractivity contribution < 1.29 is 9.59 Å². The van der Waals surface area contributed by atoms with Crippen LogP contribution in [-0.4, -0.2) is 40.7 Å². The fourth-order valence-corrected chi connectivity index (χ4v) is 4.57. The van der Waals surface area contributed by atoms with Gasteiger partial charge in [-0.3, -0.25) is 9.59 Å². The number of rotatable bonds is 2. The lowest BCUT2D eigenvalue weighted by Gasteiger charge is -2.44. The highest BCUT2D eigenvalue weighted by molar-refractivity contribution is 7.12. The van der Waals surface area contributed by atoms with E-state index in [1.807, 2.05) is 6.92 Å². The zero-order chi connectivity index (χ0) is 15.1. The van der Waals surface area contributed by atoms with Crippen LogP contribution in [0, 0.1) is 13.8 Å². The third-order valence-electron chi connectivity index (χ3n) is 4.69. The number of hydrogen-bond donors (Lipinski definition) is 0. The summed E-state index contributed by atoms with van der Waals surface area (Å²) in [5, 5.41) is 0. The molecule has 3 rings (SSSR count). The summed E-state index contributed by atoms with van der Waals surface area (Å²) >= 11 is 1.75. The van der Waals surface area contributed by atoms with Crippen LogP contribution in [0.25, 0.3) is 0 Å². The topological polar surface area (TPSA) is 40.6 Å². The largest absolute Gasteiger partial charge is 0.329 e. The zero-order valence-electron chi connectivity index (χ0n) is 12.9. The second-order valence-corrected chi connectivity index (χ2v) is 7.57. The minimum Gasteiger partial charge on any atom is -0.329 e. The van der Waals surface area contributed by atoms with Crippen molar-refractivity contribution in [3.8, 4) is 0 Å². The van der Waals surface area contributed by atoms with Gasteiger partial charge in [-0.1, -0.05) is 0 Å². The summed E-state index contributed by atoms with van der Waals surface area (Å²) in [5.41, 5.74) is 1.18. The number of nitrogens with zero attached hydrogens (tertiary/aromatic N) is 2. The van der Waals surface area contributed by atoms with Crippen molar-refractivity contribution in [2.45, 2.75) is 52.1 Å². The highest BCUT2D eigenvalue weighted by atomic mass is 32.1. The van der Waals surface area contributed by atoms with Gasteiger partial charge in [-0.2, -0.15) is 0 Å². The van der Waals surface area contributed by atoms with E-state index in [-0.39, 0.29) is 30.4 Å². The van der Waals surface area contributed by atoms with Crippen molar-refractivity contribution in [1.82, 2.24) is 9.80 Å². The number of thiophene rings is 1. The third kappa shape index (κ3) is 2.48. The lowest BCUT2D eigenvalue weighted by Crippen LogP contribution is -2.61. The fraction of sp³-hybridized carbons (Fsp3) is 0.625. The van der Waals surface area contributed by atoms with Gasteiger partial charge in [0, 0.05) is 16.3 Å². The van der Waals surface area contributed by atoms with Gasteiger partial charge in [0.25, 0.3) is 0 Å². The summed E-state index contributed by atoms with van der Waals surface area (Å²) in [4.78, 5) is 31.2. The predicted molar refractivity (Wildman–Crippen MR) is 83.3 cm³/mol. The van der Waals surface area contributed by atoms with E-state index in [9.17, 15) is 9.59 Å². The van der Waals surface area contributed by atoms with E-state index in [2.05, 4.69) is 19.9 Å². The van der Waals surface area contributed by atoms with Crippen LogP contribution in [0.2, 0.25) is 0 Å². The third-order valence-corrected chi connectivity index (χ3v) is 5.68. The molecule has 0 N–H and O–H groups in total. The first-order valence-corrected chi connectivity index (χ1v) is 8.47. The maximum atomic E-state index is 12.8. The molecular formula is C16H22N2O2S. The fourth-order valence-electron chi connectivity index (χ4n) is 3.55. The van der Waals surface area contributed by atoms with E-state index in [0.717, 1.165) is 25.8 Å². The molecule has 3 heterocycles. The van der Waals surface area contributed by atoms with Crippen molar-refractivity contribution in [3.05, 3.63) is 21.4 Å². The highest BCUT2D eigenvalue weighted by Crippen LogP contribution is 2.33. The Balaban J connectivity index is 1.86. The molecule has 0 bridgehead atoms. The first-order chi connectivity index (χ1) is 9.99. The molecule has 2 fully saturated rings. The smallest absolute Gasteiger partial charge is 0.246 e. The Morgan fingerprint density at radius 1 is 1.29 bits per heavy atom. The highest BCUT2D eigenvalue weighted by Gasteiger charge is 2.42. The number of carbonyl (C=O) groups excluding carboxylic acids is 2. The van der Waals surface area contributed by atoms with Crippen LogP contribution in [-0.2, 0) is 9.59 Å². The summed E-state index contributed by atoms with van der Waals surface area (Å²) in [5.74, 6) is 0.237. The van der Waals surface area contributed by atoms with Gasteiger partial charge in [-0.25, -0.2) is 0 Å². The van der Waals surface area contributed by atoms with Crippen molar-refractivity contribution in [1.29, 1.82) is 0 Å². The van der Waals surface area contributed by atoms with Crippen LogP contribution in [0.1, 0.15) is 47.5 Å². The second-order valence-electron chi connectivity index (χ2n) is 6.11. The number of carbonyl (C=O) groups is 2. The number of piperidine rings is 1. The van der Waals surface area contributed by atoms with E-state index in [4.69, 9.17) is 0 Å². The van der Waals surface area contributed by atoms with Crippen LogP contribution >= 0.6 is 11.3 Å². The number of amides is 2. The van der Waals surface area contributed by atoms with Gasteiger partial charge >= 0.3 is 0 Å². The SMILES string of the molecule is Cc1cc(C(C)N2CC(=O)N3CCCCC3C2=O)c(C)s1. The van der Waals surface area contributed by atoms with Crippen LogP contribution in [0.4, 0.5) is 0 Å². The molecule has 21 heavy (non-hydrogen) atoms. The number of hydrogen-bond acceptors (Lipinski definition) is 3. The van der Waals surface area contributed by atoms with Crippen molar-refractivity contribution >= 4 is 23.2 Å². The summed E-state index contributed by atoms with van der Waals surface area (Å²) in [6, 6.07) is 1.91. The van der Waals surface area contributed by atoms with E-state index < -0.39 is 0 Å². The van der Waals surface area contributed by atoms with E-state index in [1.165, 1.54) is 15.3 Å². The molecule has 2 saturated heterocycles. The van der Waals surface area contributed by atoms with Gasteiger partial charge < -0.3 is 9.80 Å². The molecule has 1 aromatic heterocycles. The van der Waals surface area contributed by atoms with Crippen molar-refractivity contribution in [3.63, 3.8) is 0 Å². The van der Waals surface area contributed by atoms with Crippen LogP contribution in [0.3, 0.4) is 0 Å². The minimum absolute atomic E-state index is 0.0181. The van der Waals surface area contributed by atoms with Crippen LogP contribution in [0.15, 0.2) is 6.07 Å². The molecule has 0 saturated carbocycles. The zero-order valence-corrected chi connectivity index (χ0v) is 13.7. The van der Waals surface area contributed by atoms with Gasteiger partial charge in [-0.05, 0) is 51.7 Å². The molecule has 0 radical (unpaired) electrons. The number of aryl methyl sites for hydroxylation is 2. The van der Waals surface area contributed by atoms with Gasteiger partial charge in [0.05, 0.1) is 6.04 Å². The summed E-state index contributed by atoms with van der Waals surface area (Å²) in [6.45, 7) is 7.18. The number of piperazine rings is 1. The summed E-state index contributed by atoms with van der Waals surface area (Å²) < 4.78 is 0. The van der Waals surface area contributed by atoms with Gasteiger partial charge in [0.15, 0.2) is 0 Å². The van der Waals surface area contributed by atoms with E-state index in [0.29, 0.717) is 0 Å². The monoisotopic (exact) mass is 306 g/mol. The molecule has 2 unspecified atom stereocenters. The molecule has 5 heteroatoms. The average molecular weight is 306 g/mol. The Kier molecular flexibility index (Phi) is 3.78. The quantitative estimate of drug-likeness (QED) is 0.843. The molecule has 1 aromatic rings. The van der Waals surface area contributed by atoms with E-state index in [1.54, 1.807) is 21.1 Å². The Bertz CT molecular complexity index is 581. The Labute approximate surface area is 129 Å². The van der Waals surface area contributed by atoms with Gasteiger partial charge in [0.1, 0.15) is 12.6 Å². The normalized spacial score (nSPS) is 24.2. The molecule has 0 aliphatic carbocycles. The molecule has 4 nitrogen and oxygen atoms in total. The van der Waals surface area contributed by atoms with E-state index >= 15 is 0 Å².